The smallest absolute Gasteiger partial charge is 0.230 e. The third kappa shape index (κ3) is 5.04. The number of hydrogen-bond acceptors (Lipinski definition) is 7. The molecule has 4 heterocycles. The highest BCUT2D eigenvalue weighted by molar-refractivity contribution is 6.74. The zero-order chi connectivity index (χ0) is 26.0. The van der Waals surface area contributed by atoms with Gasteiger partial charge >= 0.3 is 0 Å². The van der Waals surface area contributed by atoms with Gasteiger partial charge in [0.05, 0.1) is 24.4 Å². The Labute approximate surface area is 209 Å². The lowest BCUT2D eigenvalue weighted by Crippen LogP contribution is -2.47. The van der Waals surface area contributed by atoms with Crippen LogP contribution in [0.2, 0.25) is 18.1 Å². The van der Waals surface area contributed by atoms with Crippen LogP contribution in [0.15, 0.2) is 18.5 Å². The minimum atomic E-state index is -1.93. The molecular weight excluding hydrogens is 462 g/mol. The van der Waals surface area contributed by atoms with Gasteiger partial charge in [-0.2, -0.15) is 5.10 Å². The largest absolute Gasteiger partial charge is 0.415 e. The van der Waals surface area contributed by atoms with Gasteiger partial charge in [-0.05, 0) is 44.1 Å². The number of rotatable bonds is 5. The zero-order valence-electron chi connectivity index (χ0n) is 22.7. The number of ether oxygens (including phenoxy) is 2. The van der Waals surface area contributed by atoms with E-state index in [4.69, 9.17) is 13.9 Å². The Hall–Kier alpha value is -1.85. The number of nitrogens with one attached hydrogen (secondary N) is 2. The maximum Gasteiger partial charge on any atom is 0.230 e. The van der Waals surface area contributed by atoms with Crippen molar-refractivity contribution in [1.29, 1.82) is 0 Å². The summed E-state index contributed by atoms with van der Waals surface area (Å²) >= 11 is 0. The van der Waals surface area contributed by atoms with Gasteiger partial charge in [-0.3, -0.25) is 10.1 Å². The topological polar surface area (TPSA) is 99.0 Å². The fourth-order valence-corrected chi connectivity index (χ4v) is 5.33. The van der Waals surface area contributed by atoms with Crippen molar-refractivity contribution >= 4 is 25.6 Å². The van der Waals surface area contributed by atoms with Crippen molar-refractivity contribution in [1.82, 2.24) is 19.9 Å². The Morgan fingerprint density at radius 3 is 2.46 bits per heavy atom. The van der Waals surface area contributed by atoms with Crippen LogP contribution < -0.4 is 10.6 Å². The summed E-state index contributed by atoms with van der Waals surface area (Å²) in [5.74, 6) is -0.293. The fourth-order valence-electron chi connectivity index (χ4n) is 4.30. The summed E-state index contributed by atoms with van der Waals surface area (Å²) in [4.78, 5) is 16.9. The number of aromatic nitrogens is 3. The summed E-state index contributed by atoms with van der Waals surface area (Å²) in [6, 6.07) is 3.77. The van der Waals surface area contributed by atoms with Gasteiger partial charge in [0.15, 0.2) is 19.9 Å². The lowest BCUT2D eigenvalue weighted by Gasteiger charge is -2.37. The molecular formula is C25H41N5O4Si. The molecule has 2 fully saturated rings. The number of carbonyl (C=O) groups excluding carboxylic acids is 1. The first-order valence-electron chi connectivity index (χ1n) is 12.4. The van der Waals surface area contributed by atoms with Crippen LogP contribution in [-0.4, -0.2) is 59.5 Å². The molecule has 0 aliphatic carbocycles. The summed E-state index contributed by atoms with van der Waals surface area (Å²) in [6.45, 7) is 21.3. The van der Waals surface area contributed by atoms with E-state index < -0.39 is 19.5 Å². The molecule has 0 unspecified atom stereocenters. The maximum absolute atomic E-state index is 12.6. The molecule has 0 radical (unpaired) electrons. The lowest BCUT2D eigenvalue weighted by molar-refractivity contribution is -0.157. The van der Waals surface area contributed by atoms with Gasteiger partial charge in [-0.15, -0.1) is 0 Å². The van der Waals surface area contributed by atoms with E-state index in [1.54, 1.807) is 0 Å². The number of fused-ring (bicyclic) bond motifs is 2. The number of amides is 1. The van der Waals surface area contributed by atoms with Crippen molar-refractivity contribution in [2.45, 2.75) is 104 Å². The van der Waals surface area contributed by atoms with Gasteiger partial charge in [0.25, 0.3) is 0 Å². The molecule has 2 aromatic rings. The molecule has 2 aliphatic rings. The van der Waals surface area contributed by atoms with Crippen LogP contribution in [0, 0.1) is 5.41 Å². The fraction of sp³-hybridized carbons (Fsp3) is 0.720. The van der Waals surface area contributed by atoms with Gasteiger partial charge in [0.1, 0.15) is 24.1 Å². The van der Waals surface area contributed by atoms with E-state index in [0.717, 1.165) is 11.2 Å². The molecule has 0 spiro atoms. The van der Waals surface area contributed by atoms with E-state index in [-0.39, 0.29) is 35.2 Å². The molecule has 4 atom stereocenters. The van der Waals surface area contributed by atoms with Crippen LogP contribution in [0.25, 0.3) is 5.52 Å². The van der Waals surface area contributed by atoms with E-state index in [1.807, 2.05) is 51.3 Å². The van der Waals surface area contributed by atoms with Crippen LogP contribution in [0.1, 0.15) is 67.1 Å². The number of nitrogens with zero attached hydrogens (tertiary/aromatic N) is 3. The highest BCUT2D eigenvalue weighted by atomic mass is 28.4. The molecule has 2 aromatic heterocycles. The molecule has 4 rings (SSSR count). The second kappa shape index (κ2) is 8.62. The van der Waals surface area contributed by atoms with Crippen molar-refractivity contribution in [2.24, 2.45) is 5.41 Å². The summed E-state index contributed by atoms with van der Waals surface area (Å²) in [6.07, 6.45) is 1.13. The number of carbonyl (C=O) groups is 1. The van der Waals surface area contributed by atoms with Crippen molar-refractivity contribution in [2.75, 3.05) is 11.9 Å². The monoisotopic (exact) mass is 503 g/mol. The van der Waals surface area contributed by atoms with Gasteiger partial charge in [-0.25, -0.2) is 9.50 Å². The van der Waals surface area contributed by atoms with Gasteiger partial charge in [0, 0.05) is 5.41 Å². The van der Waals surface area contributed by atoms with Crippen LogP contribution in [0.3, 0.4) is 0 Å². The normalized spacial score (nSPS) is 26.8. The van der Waals surface area contributed by atoms with Crippen LogP contribution in [-0.2, 0) is 18.7 Å². The predicted octanol–water partition coefficient (Wildman–Crippen LogP) is 4.27. The van der Waals surface area contributed by atoms with Crippen molar-refractivity contribution < 1.29 is 18.7 Å². The molecule has 2 saturated heterocycles. The SMILES string of the molecule is CC1(C)O[C@@H]2[C@H](O1)[C@@H](CO[Si](C)(C)C(C)(C)C)N[C@H]2c1ccc2c(NC(=O)C(C)(C)C)ncnn12. The first kappa shape index (κ1) is 26.2. The summed E-state index contributed by atoms with van der Waals surface area (Å²) in [5.41, 5.74) is 1.13. The Bertz CT molecular complexity index is 1100. The third-order valence-electron chi connectivity index (χ3n) is 7.43. The Morgan fingerprint density at radius 2 is 1.83 bits per heavy atom. The van der Waals surface area contributed by atoms with Crippen molar-refractivity contribution in [3.63, 3.8) is 0 Å². The first-order chi connectivity index (χ1) is 16.0. The average molecular weight is 504 g/mol. The van der Waals surface area contributed by atoms with Gasteiger partial charge in [-0.1, -0.05) is 41.5 Å². The second-order valence-corrected chi connectivity index (χ2v) is 17.6. The Morgan fingerprint density at radius 1 is 1.17 bits per heavy atom. The Kier molecular flexibility index (Phi) is 6.46. The minimum Gasteiger partial charge on any atom is -0.415 e. The predicted molar refractivity (Wildman–Crippen MR) is 138 cm³/mol. The van der Waals surface area contributed by atoms with E-state index in [1.165, 1.54) is 6.33 Å². The second-order valence-electron chi connectivity index (χ2n) is 12.8. The molecule has 0 aromatic carbocycles. The number of anilines is 1. The molecule has 0 bridgehead atoms. The van der Waals surface area contributed by atoms with Crippen molar-refractivity contribution in [3.05, 3.63) is 24.2 Å². The molecule has 194 valence electrons. The third-order valence-corrected chi connectivity index (χ3v) is 11.9. The quantitative estimate of drug-likeness (QED) is 0.588. The lowest BCUT2D eigenvalue weighted by atomic mass is 9.96. The van der Waals surface area contributed by atoms with Gasteiger partial charge < -0.3 is 19.2 Å². The Balaban J connectivity index is 1.62. The molecule has 2 aliphatic heterocycles. The summed E-state index contributed by atoms with van der Waals surface area (Å²) in [7, 11) is -1.93. The molecule has 2 N–H and O–H groups in total. The highest BCUT2D eigenvalue weighted by Gasteiger charge is 2.55. The molecule has 1 amide bonds. The average Bonchev–Trinajstić information content (AvgIpc) is 3.36. The molecule has 10 heteroatoms. The zero-order valence-corrected chi connectivity index (χ0v) is 23.7. The van der Waals surface area contributed by atoms with Crippen LogP contribution in [0.4, 0.5) is 5.82 Å². The maximum atomic E-state index is 12.6. The molecule has 0 saturated carbocycles. The molecule has 9 nitrogen and oxygen atoms in total. The van der Waals surface area contributed by atoms with E-state index in [9.17, 15) is 4.79 Å². The summed E-state index contributed by atoms with van der Waals surface area (Å²) in [5, 5.41) is 11.3. The van der Waals surface area contributed by atoms with Crippen LogP contribution >= 0.6 is 0 Å². The van der Waals surface area contributed by atoms with E-state index >= 15 is 0 Å². The standard InChI is InChI=1S/C25H41N5O4Si/c1-23(2,3)22(31)29-21-17-12-11-16(30(17)27-14-26-21)18-20-19(33-25(7,8)34-20)15(28-18)13-32-35(9,10)24(4,5)6/h11-12,14-15,18-20,28H,13H2,1-10H3,(H,26,27,29,31)/t15-,18+,19-,20+/m1/s1. The van der Waals surface area contributed by atoms with Crippen LogP contribution in [0.5, 0.6) is 0 Å². The minimum absolute atomic E-state index is 0.0200. The highest BCUT2D eigenvalue weighted by Crippen LogP contribution is 2.43. The first-order valence-corrected chi connectivity index (χ1v) is 15.3. The number of hydrogen-bond donors (Lipinski definition) is 2. The van der Waals surface area contributed by atoms with E-state index in [2.05, 4.69) is 54.6 Å². The van der Waals surface area contributed by atoms with E-state index in [0.29, 0.717) is 12.4 Å². The van der Waals surface area contributed by atoms with Gasteiger partial charge in [0.2, 0.25) is 5.91 Å². The molecule has 35 heavy (non-hydrogen) atoms. The van der Waals surface area contributed by atoms with Crippen molar-refractivity contribution in [3.8, 4) is 0 Å². The summed E-state index contributed by atoms with van der Waals surface area (Å²) < 4.78 is 21.1.